The van der Waals surface area contributed by atoms with Crippen molar-refractivity contribution in [2.75, 3.05) is 61.1 Å². The van der Waals surface area contributed by atoms with Crippen molar-refractivity contribution in [1.29, 1.82) is 0 Å². The first-order valence-electron chi connectivity index (χ1n) is 26.8. The number of hydrogen-bond donors (Lipinski definition) is 8. The summed E-state index contributed by atoms with van der Waals surface area (Å²) in [6.45, 7) is 25.0. The maximum atomic E-state index is 13.7. The van der Waals surface area contributed by atoms with E-state index in [1.54, 1.807) is 39.0 Å². The molecule has 492 valence electrons. The second-order valence-electron chi connectivity index (χ2n) is 19.9. The van der Waals surface area contributed by atoms with Crippen LogP contribution in [-0.4, -0.2) is 143 Å². The van der Waals surface area contributed by atoms with Gasteiger partial charge in [0.25, 0.3) is 17.7 Å². The van der Waals surface area contributed by atoms with Gasteiger partial charge in [-0.1, -0.05) is 68.6 Å². The van der Waals surface area contributed by atoms with Gasteiger partial charge < -0.3 is 49.5 Å². The number of thioether (sulfide) groups is 1. The summed E-state index contributed by atoms with van der Waals surface area (Å²) in [4.78, 5) is 62.9. The second-order valence-corrected chi connectivity index (χ2v) is 30.4. The van der Waals surface area contributed by atoms with Crippen LogP contribution in [0.4, 0.5) is 59.3 Å². The van der Waals surface area contributed by atoms with E-state index in [4.69, 9.17) is 34.7 Å². The number of pyridine rings is 3. The van der Waals surface area contributed by atoms with Crippen molar-refractivity contribution in [1.82, 2.24) is 81.4 Å². The number of nitrogens with two attached hydrogens (primary N) is 3. The van der Waals surface area contributed by atoms with Crippen molar-refractivity contribution >= 4 is 126 Å². The number of amides is 3. The van der Waals surface area contributed by atoms with Crippen molar-refractivity contribution in [3.05, 3.63) is 152 Å². The number of aromatic nitrogens is 13. The summed E-state index contributed by atoms with van der Waals surface area (Å²) in [5.41, 5.74) is 14.9. The second kappa shape index (κ2) is 41.4. The van der Waals surface area contributed by atoms with Crippen LogP contribution in [0, 0.1) is 59.4 Å². The smallest absolute Gasteiger partial charge is 0.693 e. The largest absolute Gasteiger partial charge is 1.00 e. The van der Waals surface area contributed by atoms with Gasteiger partial charge in [0.1, 0.15) is 34.0 Å². The van der Waals surface area contributed by atoms with Gasteiger partial charge >= 0.3 is 18.9 Å². The fraction of sp³-hybridized carbons (Fsp3) is 0.309. The fourth-order valence-electron chi connectivity index (χ4n) is 6.38. The normalized spacial score (nSPS) is 10.0. The predicted molar refractivity (Wildman–Crippen MR) is 360 cm³/mol. The Kier molecular flexibility index (Phi) is 37.8. The number of hydrogen-bond acceptors (Lipinski definition) is 24. The van der Waals surface area contributed by atoms with Gasteiger partial charge in [0, 0.05) is 91.2 Å². The minimum absolute atomic E-state index is 0. The quantitative estimate of drug-likeness (QED) is 0.0381. The Hall–Kier alpha value is -8.08. The molecule has 0 saturated heterocycles. The van der Waals surface area contributed by atoms with Crippen molar-refractivity contribution in [3.63, 3.8) is 0 Å². The molecular weight excluding hydrogens is 1300 g/mol. The molecule has 92 heavy (non-hydrogen) atoms. The van der Waals surface area contributed by atoms with Crippen molar-refractivity contribution in [2.24, 2.45) is 0 Å². The molecule has 8 aromatic heterocycles. The number of halogens is 5. The van der Waals surface area contributed by atoms with E-state index in [1.807, 2.05) is 33.1 Å². The number of carbonyl (C=O) groups excluding carboxylic acids is 3. The Morgan fingerprint density at radius 2 is 0.935 bits per heavy atom. The van der Waals surface area contributed by atoms with E-state index < -0.39 is 39.5 Å². The molecule has 0 aliphatic heterocycles. The van der Waals surface area contributed by atoms with Gasteiger partial charge in [-0.2, -0.15) is 13.2 Å². The summed E-state index contributed by atoms with van der Waals surface area (Å²) in [5, 5.41) is 38.2. The van der Waals surface area contributed by atoms with E-state index in [0.717, 1.165) is 46.2 Å². The molecule has 0 aliphatic carbocycles. The standard InChI is InChI=1S/C18H19FN8O3S.C12H11ClFN5O.C7H10N2.C6H7ClN4O.C6H7FN2S.2C3H10Si.Li.H2N/c1-9-7-14(22-10(2)21-9)25-15-8-11(16(27-26-15)18(28)20-3)23-17-12(31(4,29)30)5-6-13(19)24-17;1-6-3-4-9(14)17-11(6)16-7-5-8(13)18-19-10(7)12(20)15-2;1-5-4-6(2)9-7(3)8-5;1-9-6(12)5-3(8)2-4(7)10-11-5;1-10-4-2-3-5(7)9-6(4)8;2*1-4(2)3;;/h5-8H,1-4H3,(H,20,28)(H2,21,22,23,24,25,26);3-5H,1-2H3,(H,15,20)(H,16,17,18);4H,1-3H3;2H,1H3,(H2,8,10)(H,9,12);2-3H,1H3,(H2,8,9);2*4H,1-3H3;;1H2/q;;;;;;;+1;-1. The minimum Gasteiger partial charge on any atom is -0.693 e. The average molecular weight is 1380 g/mol. The predicted octanol–water partition coefficient (Wildman–Crippen LogP) is 6.67. The van der Waals surface area contributed by atoms with Crippen LogP contribution in [0.1, 0.15) is 65.8 Å². The van der Waals surface area contributed by atoms with E-state index in [2.05, 4.69) is 137 Å². The Balaban J connectivity index is 0.00000117. The number of nitrogens with one attached hydrogen (secondary N) is 6. The number of carbonyl (C=O) groups is 3. The van der Waals surface area contributed by atoms with E-state index >= 15 is 0 Å². The zero-order chi connectivity index (χ0) is 68.2. The molecule has 8 heterocycles. The van der Waals surface area contributed by atoms with Crippen LogP contribution in [-0.2, 0) is 9.84 Å². The molecular formula is C55H76Cl2F3LiN22O5S2Si2. The molecule has 12 N–H and O–H groups in total. The van der Waals surface area contributed by atoms with E-state index in [9.17, 15) is 36.0 Å². The zero-order valence-electron chi connectivity index (χ0n) is 54.3. The van der Waals surface area contributed by atoms with Crippen molar-refractivity contribution in [3.8, 4) is 0 Å². The number of anilines is 8. The molecule has 0 aliphatic rings. The van der Waals surface area contributed by atoms with Gasteiger partial charge in [0.2, 0.25) is 17.8 Å². The van der Waals surface area contributed by atoms with Crippen molar-refractivity contribution in [2.45, 2.75) is 90.6 Å². The molecule has 3 amide bonds. The van der Waals surface area contributed by atoms with Crippen molar-refractivity contribution < 1.29 is 54.8 Å². The van der Waals surface area contributed by atoms with Crippen LogP contribution in [0.5, 0.6) is 0 Å². The fourth-order valence-corrected chi connectivity index (χ4v) is 7.91. The molecule has 0 atom stereocenters. The van der Waals surface area contributed by atoms with Crippen LogP contribution in [0.25, 0.3) is 6.15 Å². The number of nitrogen functional groups attached to an aromatic ring is 2. The molecule has 0 unspecified atom stereocenters. The van der Waals surface area contributed by atoms with Gasteiger partial charge in [0.05, 0.1) is 17.1 Å². The Labute approximate surface area is 563 Å². The molecule has 0 bridgehead atoms. The van der Waals surface area contributed by atoms with E-state index in [-0.39, 0.29) is 115 Å². The van der Waals surface area contributed by atoms with Crippen LogP contribution in [0.3, 0.4) is 0 Å². The van der Waals surface area contributed by atoms with Gasteiger partial charge in [-0.15, -0.1) is 42.4 Å². The average Bonchev–Trinajstić information content (AvgIpc) is 0.854. The third-order valence-corrected chi connectivity index (χ3v) is 12.1. The van der Waals surface area contributed by atoms with Gasteiger partial charge in [-0.05, 0) is 89.8 Å². The number of sulfone groups is 1. The number of aryl methyl sites for hydroxylation is 6. The topological polar surface area (TPSA) is 411 Å². The summed E-state index contributed by atoms with van der Waals surface area (Å²) in [5.74, 6) is -1.19. The Morgan fingerprint density at radius 3 is 1.40 bits per heavy atom. The Bertz CT molecular complexity index is 3760. The molecule has 27 nitrogen and oxygen atoms in total. The molecule has 8 rings (SSSR count). The first-order chi connectivity index (χ1) is 42.1. The number of rotatable bonds is 11. The maximum Gasteiger partial charge on any atom is 1.00 e. The van der Waals surface area contributed by atoms with Gasteiger partial charge in [-0.25, -0.2) is 43.3 Å². The molecule has 8 aromatic rings. The molecule has 0 spiro atoms. The third-order valence-electron chi connectivity index (χ3n) is 9.86. The van der Waals surface area contributed by atoms with Crippen LogP contribution in [0.15, 0.2) is 76.5 Å². The van der Waals surface area contributed by atoms with Crippen LogP contribution < -0.4 is 62.2 Å². The summed E-state index contributed by atoms with van der Waals surface area (Å²) in [6, 6.07) is 15.6. The van der Waals surface area contributed by atoms with Gasteiger partial charge in [-0.3, -0.25) is 14.4 Å². The Morgan fingerprint density at radius 1 is 0.522 bits per heavy atom. The first-order valence-corrected chi connectivity index (χ1v) is 37.6. The van der Waals surface area contributed by atoms with E-state index in [1.165, 1.54) is 63.2 Å². The van der Waals surface area contributed by atoms with E-state index in [0.29, 0.717) is 22.9 Å². The SMILES string of the molecule is CNC(=O)c1nnc(Cl)cc1N.CNC(=O)c1nnc(Cl)cc1Nc1nc(F)ccc1C.CNC(=O)c1nnc(Nc2cc(C)nc(C)n2)cc1Nc1nc(F)ccc1S(C)(=O)=O.CSc1ccc(F)nc1N.C[SiH](C)C.C[SiH](C)C.Cc1cc(C)nc(C)n1.[Li+].[NH2-]. The molecule has 0 saturated carbocycles. The molecule has 37 heteroatoms. The summed E-state index contributed by atoms with van der Waals surface area (Å²) in [7, 11) is 0.332. The third kappa shape index (κ3) is 30.8. The molecule has 0 radical (unpaired) electrons. The van der Waals surface area contributed by atoms with Crippen LogP contribution >= 0.6 is 35.0 Å². The zero-order valence-corrected chi connectivity index (χ0v) is 59.8. The number of nitrogens with zero attached hydrogens (tertiary/aromatic N) is 13. The first kappa shape index (κ1) is 83.9. The van der Waals surface area contributed by atoms with Gasteiger partial charge in [0.15, 0.2) is 48.9 Å². The molecule has 0 aromatic carbocycles. The monoisotopic (exact) mass is 1380 g/mol. The summed E-state index contributed by atoms with van der Waals surface area (Å²) in [6.07, 6.45) is 2.83. The van der Waals surface area contributed by atoms with Crippen LogP contribution in [0.2, 0.25) is 49.6 Å². The summed E-state index contributed by atoms with van der Waals surface area (Å²) >= 11 is 12.7. The molecule has 0 fully saturated rings. The minimum atomic E-state index is -3.74. The maximum absolute atomic E-state index is 13.7. The summed E-state index contributed by atoms with van der Waals surface area (Å²) < 4.78 is 63.3.